The molecule has 31 heavy (non-hydrogen) atoms. The number of hydrogen-bond donors (Lipinski definition) is 1. The average Bonchev–Trinajstić information content (AvgIpc) is 3.27. The standard InChI is InChI=1S/C22H25ClN4O3S/c23-14-1-3-15(4-2-14)30-16-5-8-27(9-6-16)19-11-22(24,18(28)12-29-19)21-20-17(7-10-31-20)25-13-26-21/h1-4,13,16,19H,5-12,24H2. The van der Waals surface area contributed by atoms with Gasteiger partial charge in [-0.15, -0.1) is 11.8 Å². The van der Waals surface area contributed by atoms with Crippen molar-refractivity contribution in [3.8, 4) is 5.75 Å². The van der Waals surface area contributed by atoms with Gasteiger partial charge in [0.15, 0.2) is 5.78 Å². The normalized spacial score (nSPS) is 27.3. The maximum atomic E-state index is 12.9. The number of Topliss-reactive ketones (excluding diaryl/α,β-unsaturated/α-hetero) is 1. The van der Waals surface area contributed by atoms with Gasteiger partial charge in [0.2, 0.25) is 0 Å². The molecule has 5 rings (SSSR count). The Morgan fingerprint density at radius 1 is 1.23 bits per heavy atom. The number of carbonyl (C=O) groups excluding carboxylic acids is 1. The third kappa shape index (κ3) is 4.19. The van der Waals surface area contributed by atoms with E-state index in [9.17, 15) is 4.79 Å². The van der Waals surface area contributed by atoms with Crippen LogP contribution in [-0.4, -0.2) is 58.4 Å². The summed E-state index contributed by atoms with van der Waals surface area (Å²) in [5, 5.41) is 0.698. The van der Waals surface area contributed by atoms with Gasteiger partial charge >= 0.3 is 0 Å². The Hall–Kier alpha value is -1.71. The van der Waals surface area contributed by atoms with E-state index in [1.54, 1.807) is 11.8 Å². The minimum absolute atomic E-state index is 0.00577. The third-order valence-electron chi connectivity index (χ3n) is 6.29. The molecule has 0 radical (unpaired) electrons. The zero-order valence-corrected chi connectivity index (χ0v) is 18.7. The second kappa shape index (κ2) is 8.67. The van der Waals surface area contributed by atoms with Crippen LogP contribution in [0, 0.1) is 0 Å². The van der Waals surface area contributed by atoms with Gasteiger partial charge in [0.25, 0.3) is 0 Å². The highest BCUT2D eigenvalue weighted by molar-refractivity contribution is 7.99. The first-order chi connectivity index (χ1) is 15.0. The van der Waals surface area contributed by atoms with Crippen LogP contribution in [0.15, 0.2) is 35.5 Å². The summed E-state index contributed by atoms with van der Waals surface area (Å²) >= 11 is 7.64. The van der Waals surface area contributed by atoms with E-state index < -0.39 is 5.54 Å². The van der Waals surface area contributed by atoms with Crippen LogP contribution >= 0.6 is 23.4 Å². The van der Waals surface area contributed by atoms with Crippen LogP contribution in [0.3, 0.4) is 0 Å². The Labute approximate surface area is 190 Å². The van der Waals surface area contributed by atoms with Gasteiger partial charge in [-0.1, -0.05) is 11.6 Å². The second-order valence-electron chi connectivity index (χ2n) is 8.27. The van der Waals surface area contributed by atoms with Crippen molar-refractivity contribution in [2.45, 2.75) is 48.4 Å². The van der Waals surface area contributed by atoms with Crippen molar-refractivity contribution in [1.29, 1.82) is 0 Å². The summed E-state index contributed by atoms with van der Waals surface area (Å²) in [6.07, 6.45) is 4.52. The molecule has 2 saturated heterocycles. The SMILES string of the molecule is NC1(c2ncnc3c2SCC3)CC(N2CCC(Oc3ccc(Cl)cc3)CC2)OCC1=O. The first-order valence-electron chi connectivity index (χ1n) is 10.6. The van der Waals surface area contributed by atoms with Crippen molar-refractivity contribution in [1.82, 2.24) is 14.9 Å². The maximum absolute atomic E-state index is 12.9. The third-order valence-corrected chi connectivity index (χ3v) is 7.66. The summed E-state index contributed by atoms with van der Waals surface area (Å²) in [4.78, 5) is 24.9. The van der Waals surface area contributed by atoms with Crippen molar-refractivity contribution in [3.63, 3.8) is 0 Å². The number of likely N-dealkylation sites (tertiary alicyclic amines) is 1. The van der Waals surface area contributed by atoms with Crippen LogP contribution in [0.4, 0.5) is 0 Å². The molecule has 2 fully saturated rings. The van der Waals surface area contributed by atoms with E-state index in [4.69, 9.17) is 26.8 Å². The molecule has 9 heteroatoms. The lowest BCUT2D eigenvalue weighted by molar-refractivity contribution is -0.157. The number of ketones is 1. The Morgan fingerprint density at radius 2 is 2.00 bits per heavy atom. The molecule has 7 nitrogen and oxygen atoms in total. The topological polar surface area (TPSA) is 90.6 Å². The molecule has 0 amide bonds. The highest BCUT2D eigenvalue weighted by atomic mass is 35.5. The summed E-state index contributed by atoms with van der Waals surface area (Å²) in [5.41, 5.74) is 7.27. The molecule has 2 atom stereocenters. The molecule has 0 aliphatic carbocycles. The molecule has 2 unspecified atom stereocenters. The smallest absolute Gasteiger partial charge is 0.184 e. The lowest BCUT2D eigenvalue weighted by Gasteiger charge is -2.43. The number of nitrogens with two attached hydrogens (primary N) is 1. The van der Waals surface area contributed by atoms with Crippen LogP contribution in [0.2, 0.25) is 5.02 Å². The van der Waals surface area contributed by atoms with Gasteiger partial charge in [-0.05, 0) is 37.1 Å². The molecule has 3 aliphatic rings. The van der Waals surface area contributed by atoms with Crippen molar-refractivity contribution in [2.75, 3.05) is 25.4 Å². The Morgan fingerprint density at radius 3 is 2.77 bits per heavy atom. The van der Waals surface area contributed by atoms with E-state index in [1.807, 2.05) is 24.3 Å². The lowest BCUT2D eigenvalue weighted by atomic mass is 9.84. The number of aromatic nitrogens is 2. The van der Waals surface area contributed by atoms with Crippen LogP contribution in [-0.2, 0) is 21.5 Å². The predicted molar refractivity (Wildman–Crippen MR) is 118 cm³/mol. The highest BCUT2D eigenvalue weighted by Gasteiger charge is 2.47. The number of halogens is 1. The summed E-state index contributed by atoms with van der Waals surface area (Å²) in [7, 11) is 0. The maximum Gasteiger partial charge on any atom is 0.184 e. The van der Waals surface area contributed by atoms with Crippen molar-refractivity contribution >= 4 is 29.1 Å². The zero-order chi connectivity index (χ0) is 21.4. The summed E-state index contributed by atoms with van der Waals surface area (Å²) in [6, 6.07) is 7.46. The number of piperidine rings is 1. The van der Waals surface area contributed by atoms with Crippen LogP contribution in [0.25, 0.3) is 0 Å². The number of rotatable bonds is 4. The van der Waals surface area contributed by atoms with Crippen molar-refractivity contribution in [3.05, 3.63) is 47.0 Å². The molecule has 1 aromatic heterocycles. The number of carbonyl (C=O) groups is 1. The monoisotopic (exact) mass is 460 g/mol. The molecule has 0 spiro atoms. The fourth-order valence-corrected chi connectivity index (χ4v) is 5.83. The molecular weight excluding hydrogens is 436 g/mol. The number of aryl methyl sites for hydroxylation is 1. The number of nitrogens with zero attached hydrogens (tertiary/aromatic N) is 3. The molecule has 2 N–H and O–H groups in total. The number of hydrogen-bond acceptors (Lipinski definition) is 8. The molecule has 164 valence electrons. The summed E-state index contributed by atoms with van der Waals surface area (Å²) in [5.74, 6) is 1.67. The Bertz CT molecular complexity index is 968. The van der Waals surface area contributed by atoms with Crippen LogP contribution in [0.5, 0.6) is 5.75 Å². The minimum Gasteiger partial charge on any atom is -0.490 e. The van der Waals surface area contributed by atoms with Gasteiger partial charge in [0, 0.05) is 36.7 Å². The molecule has 2 aromatic rings. The molecular formula is C22H25ClN4O3S. The first-order valence-corrected chi connectivity index (χ1v) is 12.0. The fourth-order valence-electron chi connectivity index (χ4n) is 4.51. The zero-order valence-electron chi connectivity index (χ0n) is 17.1. The molecule has 1 aromatic carbocycles. The van der Waals surface area contributed by atoms with Crippen LogP contribution < -0.4 is 10.5 Å². The predicted octanol–water partition coefficient (Wildman–Crippen LogP) is 2.79. The molecule has 3 aliphatic heterocycles. The van der Waals surface area contributed by atoms with Gasteiger partial charge in [0.1, 0.15) is 36.6 Å². The average molecular weight is 461 g/mol. The number of ether oxygens (including phenoxy) is 2. The molecule has 4 heterocycles. The fraction of sp³-hybridized carbons (Fsp3) is 0.500. The largest absolute Gasteiger partial charge is 0.490 e. The van der Waals surface area contributed by atoms with E-state index >= 15 is 0 Å². The summed E-state index contributed by atoms with van der Waals surface area (Å²) < 4.78 is 12.0. The van der Waals surface area contributed by atoms with Crippen LogP contribution in [0.1, 0.15) is 30.7 Å². The number of fused-ring (bicyclic) bond motifs is 1. The minimum atomic E-state index is -1.13. The molecule has 0 saturated carbocycles. The van der Waals surface area contributed by atoms with Gasteiger partial charge < -0.3 is 15.2 Å². The quantitative estimate of drug-likeness (QED) is 0.744. The van der Waals surface area contributed by atoms with E-state index in [2.05, 4.69) is 14.9 Å². The van der Waals surface area contributed by atoms with Gasteiger partial charge in [-0.25, -0.2) is 9.97 Å². The lowest BCUT2D eigenvalue weighted by Crippen LogP contribution is -2.59. The first kappa shape index (κ1) is 21.2. The Balaban J connectivity index is 1.25. The van der Waals surface area contributed by atoms with Crippen molar-refractivity contribution in [2.24, 2.45) is 5.73 Å². The van der Waals surface area contributed by atoms with Gasteiger partial charge in [0.05, 0.1) is 16.3 Å². The molecule has 0 bridgehead atoms. The Kier molecular flexibility index (Phi) is 5.92. The van der Waals surface area contributed by atoms with Gasteiger partial charge in [-0.2, -0.15) is 0 Å². The number of benzene rings is 1. The second-order valence-corrected chi connectivity index (χ2v) is 9.81. The van der Waals surface area contributed by atoms with Gasteiger partial charge in [-0.3, -0.25) is 9.69 Å². The van der Waals surface area contributed by atoms with E-state index in [1.165, 1.54) is 6.33 Å². The van der Waals surface area contributed by atoms with E-state index in [0.29, 0.717) is 17.1 Å². The van der Waals surface area contributed by atoms with E-state index in [0.717, 1.165) is 54.4 Å². The summed E-state index contributed by atoms with van der Waals surface area (Å²) in [6.45, 7) is 1.65. The van der Waals surface area contributed by atoms with E-state index in [-0.39, 0.29) is 24.7 Å². The van der Waals surface area contributed by atoms with Crippen molar-refractivity contribution < 1.29 is 14.3 Å². The number of thioether (sulfide) groups is 1. The highest BCUT2D eigenvalue weighted by Crippen LogP contribution is 2.40.